The Morgan fingerprint density at radius 2 is 2.30 bits per heavy atom. The molecule has 2 aromatic heterocycles. The Kier molecular flexibility index (Phi) is 4.41. The zero-order valence-corrected chi connectivity index (χ0v) is 11.9. The molecule has 0 radical (unpaired) electrons. The predicted molar refractivity (Wildman–Crippen MR) is 78.2 cm³/mol. The molecule has 0 amide bonds. The number of hydrogen-bond acceptors (Lipinski definition) is 5. The molecule has 2 aromatic rings. The van der Waals surface area contributed by atoms with Crippen molar-refractivity contribution in [2.75, 3.05) is 7.05 Å². The van der Waals surface area contributed by atoms with E-state index in [-0.39, 0.29) is 6.17 Å². The number of hydrogen-bond donors (Lipinski definition) is 2. The third-order valence-corrected chi connectivity index (χ3v) is 2.85. The average Bonchev–Trinajstić information content (AvgIpc) is 2.92. The summed E-state index contributed by atoms with van der Waals surface area (Å²) in [6.07, 6.45) is 2.34. The fourth-order valence-corrected chi connectivity index (χ4v) is 1.68. The molecule has 0 saturated heterocycles. The second-order valence-corrected chi connectivity index (χ2v) is 4.28. The molecule has 0 aliphatic rings. The zero-order valence-electron chi connectivity index (χ0n) is 11.9. The fraction of sp³-hybridized carbons (Fsp3) is 0.385. The van der Waals surface area contributed by atoms with E-state index in [1.165, 1.54) is 0 Å². The van der Waals surface area contributed by atoms with Crippen molar-refractivity contribution in [3.8, 4) is 11.5 Å². The molecule has 1 atom stereocenters. The maximum absolute atomic E-state index is 5.99. The van der Waals surface area contributed by atoms with Crippen molar-refractivity contribution in [2.45, 2.75) is 26.4 Å². The van der Waals surface area contributed by atoms with Gasteiger partial charge in [0.15, 0.2) is 0 Å². The molecule has 0 aliphatic carbocycles. The van der Waals surface area contributed by atoms with E-state index >= 15 is 0 Å². The quantitative estimate of drug-likeness (QED) is 0.629. The minimum Gasteiger partial charge on any atom is -0.368 e. The van der Waals surface area contributed by atoms with Gasteiger partial charge in [-0.2, -0.15) is 4.68 Å². The van der Waals surface area contributed by atoms with Crippen LogP contribution in [0.15, 0.2) is 29.4 Å². The van der Waals surface area contributed by atoms with Gasteiger partial charge in [-0.3, -0.25) is 10.3 Å². The predicted octanol–water partition coefficient (Wildman–Crippen LogP) is 0.631. The molecule has 0 bridgehead atoms. The van der Waals surface area contributed by atoms with Crippen LogP contribution in [0.25, 0.3) is 11.5 Å². The number of aliphatic imine (C=N–C) groups is 1. The summed E-state index contributed by atoms with van der Waals surface area (Å²) >= 11 is 0. The van der Waals surface area contributed by atoms with Gasteiger partial charge in [-0.1, -0.05) is 13.0 Å². The SMILES string of the molecule is CCc1nc(-c2ccccn2)nn1/C(N)=N\C(C)NC. The molecule has 1 unspecified atom stereocenters. The maximum Gasteiger partial charge on any atom is 0.219 e. The molecule has 0 saturated carbocycles. The summed E-state index contributed by atoms with van der Waals surface area (Å²) in [5, 5.41) is 7.40. The standard InChI is InChI=1S/C13H19N7/c1-4-11-18-12(10-7-5-6-8-16-10)19-20(11)13(14)17-9(2)15-3/h5-9,15H,4H2,1-3H3,(H2,14,17). The Balaban J connectivity index is 2.40. The molecular weight excluding hydrogens is 254 g/mol. The lowest BCUT2D eigenvalue weighted by molar-refractivity contribution is 0.633. The van der Waals surface area contributed by atoms with E-state index in [0.29, 0.717) is 18.2 Å². The summed E-state index contributed by atoms with van der Waals surface area (Å²) in [7, 11) is 1.82. The van der Waals surface area contributed by atoms with Crippen LogP contribution in [0.2, 0.25) is 0 Å². The number of aryl methyl sites for hydroxylation is 1. The van der Waals surface area contributed by atoms with Crippen LogP contribution < -0.4 is 11.1 Å². The molecule has 0 spiro atoms. The first-order chi connectivity index (χ1) is 9.65. The van der Waals surface area contributed by atoms with E-state index in [0.717, 1.165) is 11.5 Å². The van der Waals surface area contributed by atoms with Gasteiger partial charge in [-0.15, -0.1) is 5.10 Å². The molecule has 0 aromatic carbocycles. The fourth-order valence-electron chi connectivity index (χ4n) is 1.68. The number of rotatable bonds is 4. The van der Waals surface area contributed by atoms with Gasteiger partial charge >= 0.3 is 0 Å². The van der Waals surface area contributed by atoms with Crippen LogP contribution >= 0.6 is 0 Å². The molecule has 2 heterocycles. The van der Waals surface area contributed by atoms with E-state index in [4.69, 9.17) is 5.73 Å². The smallest absolute Gasteiger partial charge is 0.219 e. The van der Waals surface area contributed by atoms with E-state index in [1.54, 1.807) is 10.9 Å². The van der Waals surface area contributed by atoms with Crippen LogP contribution in [0.3, 0.4) is 0 Å². The highest BCUT2D eigenvalue weighted by Gasteiger charge is 2.13. The number of nitrogens with two attached hydrogens (primary N) is 1. The van der Waals surface area contributed by atoms with Crippen molar-refractivity contribution in [3.63, 3.8) is 0 Å². The van der Waals surface area contributed by atoms with Crippen molar-refractivity contribution in [3.05, 3.63) is 30.2 Å². The normalized spacial score (nSPS) is 13.4. The molecule has 7 nitrogen and oxygen atoms in total. The van der Waals surface area contributed by atoms with E-state index in [1.807, 2.05) is 39.1 Å². The van der Waals surface area contributed by atoms with Crippen molar-refractivity contribution in [2.24, 2.45) is 10.7 Å². The van der Waals surface area contributed by atoms with Gasteiger partial charge in [0.1, 0.15) is 17.7 Å². The van der Waals surface area contributed by atoms with E-state index < -0.39 is 0 Å². The van der Waals surface area contributed by atoms with Crippen LogP contribution in [-0.4, -0.2) is 38.9 Å². The van der Waals surface area contributed by atoms with E-state index in [2.05, 4.69) is 25.4 Å². The molecule has 106 valence electrons. The van der Waals surface area contributed by atoms with Gasteiger partial charge in [-0.25, -0.2) is 9.98 Å². The van der Waals surface area contributed by atoms with Crippen molar-refractivity contribution in [1.82, 2.24) is 25.1 Å². The molecule has 7 heteroatoms. The lowest BCUT2D eigenvalue weighted by atomic mass is 10.3. The second kappa shape index (κ2) is 6.25. The Morgan fingerprint density at radius 3 is 2.90 bits per heavy atom. The van der Waals surface area contributed by atoms with Gasteiger partial charge < -0.3 is 5.73 Å². The second-order valence-electron chi connectivity index (χ2n) is 4.28. The first kappa shape index (κ1) is 14.1. The summed E-state index contributed by atoms with van der Waals surface area (Å²) in [5.74, 6) is 1.63. The minimum atomic E-state index is -0.0813. The number of nitrogens with one attached hydrogen (secondary N) is 1. The average molecular weight is 273 g/mol. The highest BCUT2D eigenvalue weighted by molar-refractivity contribution is 5.80. The van der Waals surface area contributed by atoms with E-state index in [9.17, 15) is 0 Å². The number of aromatic nitrogens is 4. The Hall–Kier alpha value is -2.28. The van der Waals surface area contributed by atoms with Crippen LogP contribution in [0.5, 0.6) is 0 Å². The summed E-state index contributed by atoms with van der Waals surface area (Å²) in [6, 6.07) is 5.61. The lowest BCUT2D eigenvalue weighted by Gasteiger charge is -2.07. The highest BCUT2D eigenvalue weighted by Crippen LogP contribution is 2.12. The van der Waals surface area contributed by atoms with Crippen molar-refractivity contribution >= 4 is 5.96 Å². The highest BCUT2D eigenvalue weighted by atomic mass is 15.4. The third-order valence-electron chi connectivity index (χ3n) is 2.85. The monoisotopic (exact) mass is 273 g/mol. The van der Waals surface area contributed by atoms with Gasteiger partial charge in [0.2, 0.25) is 11.8 Å². The van der Waals surface area contributed by atoms with Crippen LogP contribution in [0.1, 0.15) is 19.7 Å². The maximum atomic E-state index is 5.99. The minimum absolute atomic E-state index is 0.0813. The van der Waals surface area contributed by atoms with Crippen molar-refractivity contribution < 1.29 is 0 Å². The summed E-state index contributed by atoms with van der Waals surface area (Å²) in [6.45, 7) is 3.91. The van der Waals surface area contributed by atoms with Crippen LogP contribution in [0, 0.1) is 0 Å². The molecule has 20 heavy (non-hydrogen) atoms. The zero-order chi connectivity index (χ0) is 14.5. The Bertz CT molecular complexity index is 588. The lowest BCUT2D eigenvalue weighted by Crippen LogP contribution is -2.30. The summed E-state index contributed by atoms with van der Waals surface area (Å²) in [5.41, 5.74) is 6.71. The first-order valence-electron chi connectivity index (χ1n) is 6.54. The largest absolute Gasteiger partial charge is 0.368 e. The Morgan fingerprint density at radius 1 is 1.50 bits per heavy atom. The van der Waals surface area contributed by atoms with Gasteiger partial charge in [0.25, 0.3) is 0 Å². The first-order valence-corrected chi connectivity index (χ1v) is 6.54. The molecule has 3 N–H and O–H groups in total. The summed E-state index contributed by atoms with van der Waals surface area (Å²) < 4.78 is 1.57. The van der Waals surface area contributed by atoms with Crippen molar-refractivity contribution in [1.29, 1.82) is 0 Å². The molecular formula is C13H19N7. The van der Waals surface area contributed by atoms with Gasteiger partial charge in [0.05, 0.1) is 0 Å². The molecule has 2 rings (SSSR count). The third kappa shape index (κ3) is 3.00. The Labute approximate surface area is 118 Å². The summed E-state index contributed by atoms with van der Waals surface area (Å²) in [4.78, 5) is 13.0. The molecule has 0 fully saturated rings. The van der Waals surface area contributed by atoms with Gasteiger partial charge in [0, 0.05) is 12.6 Å². The van der Waals surface area contributed by atoms with Crippen LogP contribution in [0.4, 0.5) is 0 Å². The van der Waals surface area contributed by atoms with Crippen LogP contribution in [-0.2, 0) is 6.42 Å². The number of pyridine rings is 1. The number of nitrogens with zero attached hydrogens (tertiary/aromatic N) is 5. The molecule has 0 aliphatic heterocycles. The topological polar surface area (TPSA) is 94.0 Å². The van der Waals surface area contributed by atoms with Gasteiger partial charge in [-0.05, 0) is 26.1 Å².